The van der Waals surface area contributed by atoms with E-state index in [1.54, 1.807) is 0 Å². The van der Waals surface area contributed by atoms with Crippen LogP contribution in [-0.4, -0.2) is 49.5 Å². The highest BCUT2D eigenvalue weighted by atomic mass is 16.5. The minimum absolute atomic E-state index is 0.0802. The van der Waals surface area contributed by atoms with Crippen molar-refractivity contribution < 1.29 is 9.47 Å². The van der Waals surface area contributed by atoms with Gasteiger partial charge in [0.2, 0.25) is 0 Å². The van der Waals surface area contributed by atoms with Crippen LogP contribution in [0, 0.1) is 0 Å². The van der Waals surface area contributed by atoms with Crippen LogP contribution in [0.4, 0.5) is 0 Å². The summed E-state index contributed by atoms with van der Waals surface area (Å²) in [5, 5.41) is 0. The summed E-state index contributed by atoms with van der Waals surface area (Å²) >= 11 is 0. The van der Waals surface area contributed by atoms with Gasteiger partial charge in [0.15, 0.2) is 11.5 Å². The summed E-state index contributed by atoms with van der Waals surface area (Å²) in [5.41, 5.74) is 3.56. The molecule has 2 aliphatic heterocycles. The third kappa shape index (κ3) is 3.09. The van der Waals surface area contributed by atoms with E-state index >= 15 is 0 Å². The maximum absolute atomic E-state index is 6.17. The molecule has 0 spiro atoms. The maximum Gasteiger partial charge on any atom is 0.166 e. The van der Waals surface area contributed by atoms with Gasteiger partial charge < -0.3 is 14.4 Å². The fourth-order valence-electron chi connectivity index (χ4n) is 3.82. The van der Waals surface area contributed by atoms with Crippen molar-refractivity contribution in [2.75, 3.05) is 27.2 Å². The molecule has 0 aromatic heterocycles. The molecule has 3 rings (SSSR count). The summed E-state index contributed by atoms with van der Waals surface area (Å²) in [6, 6.07) is 2.16. The highest BCUT2D eigenvalue weighted by molar-refractivity contribution is 5.88. The second-order valence-electron chi connectivity index (χ2n) is 7.90. The van der Waals surface area contributed by atoms with Crippen molar-refractivity contribution in [3.8, 4) is 11.5 Å². The molecule has 0 saturated heterocycles. The average molecular weight is 316 g/mol. The van der Waals surface area contributed by atoms with E-state index in [-0.39, 0.29) is 11.1 Å². The molecule has 1 aromatic carbocycles. The minimum atomic E-state index is -0.179. The molecule has 0 fully saturated rings. The Kier molecular flexibility index (Phi) is 3.91. The highest BCUT2D eigenvalue weighted by Crippen LogP contribution is 2.46. The van der Waals surface area contributed by atoms with Crippen LogP contribution in [0.5, 0.6) is 11.5 Å². The molecule has 0 N–H and O–H groups in total. The molecule has 0 bridgehead atoms. The third-order valence-corrected chi connectivity index (χ3v) is 4.49. The third-order valence-electron chi connectivity index (χ3n) is 4.49. The average Bonchev–Trinajstić information content (AvgIpc) is 2.73. The first-order chi connectivity index (χ1) is 10.7. The Morgan fingerprint density at radius 3 is 2.65 bits per heavy atom. The van der Waals surface area contributed by atoms with Gasteiger partial charge in [0, 0.05) is 30.3 Å². The first kappa shape index (κ1) is 16.3. The summed E-state index contributed by atoms with van der Waals surface area (Å²) in [7, 11) is 4.20. The zero-order chi connectivity index (χ0) is 16.8. The molecule has 4 heteroatoms. The lowest BCUT2D eigenvalue weighted by molar-refractivity contribution is 0.132. The van der Waals surface area contributed by atoms with Crippen LogP contribution >= 0.6 is 0 Å². The summed E-state index contributed by atoms with van der Waals surface area (Å²) < 4.78 is 12.0. The molecule has 0 aliphatic carbocycles. The first-order valence-electron chi connectivity index (χ1n) is 8.43. The zero-order valence-corrected chi connectivity index (χ0v) is 15.2. The number of fused-ring (bicyclic) bond motifs is 3. The predicted octanol–water partition coefficient (Wildman–Crippen LogP) is 3.09. The lowest BCUT2D eigenvalue weighted by Crippen LogP contribution is -2.39. The van der Waals surface area contributed by atoms with E-state index in [9.17, 15) is 0 Å². The topological polar surface area (TPSA) is 34.1 Å². The van der Waals surface area contributed by atoms with Crippen molar-refractivity contribution in [3.63, 3.8) is 0 Å². The monoisotopic (exact) mass is 316 g/mol. The molecule has 1 unspecified atom stereocenters. The van der Waals surface area contributed by atoms with Crippen LogP contribution in [0.15, 0.2) is 11.1 Å². The fraction of sp³-hybridized carbons (Fsp3) is 0.632. The van der Waals surface area contributed by atoms with Gasteiger partial charge in [-0.1, -0.05) is 0 Å². The number of benzene rings is 1. The van der Waals surface area contributed by atoms with E-state index in [0.717, 1.165) is 30.9 Å². The van der Waals surface area contributed by atoms with E-state index in [0.29, 0.717) is 6.61 Å². The fourth-order valence-corrected chi connectivity index (χ4v) is 3.82. The lowest BCUT2D eigenvalue weighted by Gasteiger charge is -2.32. The van der Waals surface area contributed by atoms with E-state index in [1.807, 2.05) is 6.92 Å². The lowest BCUT2D eigenvalue weighted by atomic mass is 9.84. The normalized spacial score (nSPS) is 24.3. The molecular weight excluding hydrogens is 288 g/mol. The molecule has 0 saturated carbocycles. The number of nitrogens with zero attached hydrogens (tertiary/aromatic N) is 2. The number of aliphatic imine (C=N–C) groups is 1. The summed E-state index contributed by atoms with van der Waals surface area (Å²) in [5.74, 6) is 1.80. The molecule has 1 atom stereocenters. The molecule has 1 aromatic rings. The molecule has 126 valence electrons. The van der Waals surface area contributed by atoms with Gasteiger partial charge >= 0.3 is 0 Å². The van der Waals surface area contributed by atoms with Gasteiger partial charge in [-0.2, -0.15) is 0 Å². The Balaban J connectivity index is 2.05. The zero-order valence-electron chi connectivity index (χ0n) is 15.2. The first-order valence-corrected chi connectivity index (χ1v) is 8.43. The van der Waals surface area contributed by atoms with Crippen LogP contribution in [0.25, 0.3) is 0 Å². The smallest absolute Gasteiger partial charge is 0.166 e. The second-order valence-corrected chi connectivity index (χ2v) is 7.90. The van der Waals surface area contributed by atoms with Crippen LogP contribution < -0.4 is 9.47 Å². The second kappa shape index (κ2) is 5.52. The largest absolute Gasteiger partial charge is 0.490 e. The summed E-state index contributed by atoms with van der Waals surface area (Å²) in [6.07, 6.45) is 3.90. The van der Waals surface area contributed by atoms with Gasteiger partial charge in [-0.25, -0.2) is 0 Å². The predicted molar refractivity (Wildman–Crippen MR) is 94.3 cm³/mol. The van der Waals surface area contributed by atoms with Crippen LogP contribution in [0.2, 0.25) is 0 Å². The van der Waals surface area contributed by atoms with Crippen molar-refractivity contribution in [2.24, 2.45) is 4.99 Å². The Morgan fingerprint density at radius 1 is 1.26 bits per heavy atom. The standard InChI is InChI=1S/C19H28N2O2/c1-7-22-16-8-13-9-19(4,12-21(5)6)20-11-15(13)14-10-18(2,3)23-17(14)16/h8,11H,7,9-10,12H2,1-6H3. The Morgan fingerprint density at radius 2 is 2.00 bits per heavy atom. The quantitative estimate of drug-likeness (QED) is 0.856. The van der Waals surface area contributed by atoms with Crippen molar-refractivity contribution in [1.29, 1.82) is 0 Å². The number of likely N-dealkylation sites (N-methyl/N-ethyl adjacent to an activating group) is 1. The molecule has 0 radical (unpaired) electrons. The van der Waals surface area contributed by atoms with Crippen molar-refractivity contribution >= 4 is 6.21 Å². The van der Waals surface area contributed by atoms with Gasteiger partial charge in [0.1, 0.15) is 5.60 Å². The van der Waals surface area contributed by atoms with Gasteiger partial charge in [-0.05, 0) is 59.8 Å². The van der Waals surface area contributed by atoms with Crippen LogP contribution in [-0.2, 0) is 12.8 Å². The molecule has 23 heavy (non-hydrogen) atoms. The van der Waals surface area contributed by atoms with Gasteiger partial charge in [-0.3, -0.25) is 4.99 Å². The summed E-state index contributed by atoms with van der Waals surface area (Å²) in [4.78, 5) is 7.08. The van der Waals surface area contributed by atoms with Crippen molar-refractivity contribution in [2.45, 2.75) is 51.7 Å². The van der Waals surface area contributed by atoms with E-state index in [4.69, 9.17) is 14.5 Å². The molecule has 2 aliphatic rings. The Labute approximate surface area is 139 Å². The Hall–Kier alpha value is -1.55. The van der Waals surface area contributed by atoms with E-state index < -0.39 is 0 Å². The molecular formula is C19H28N2O2. The van der Waals surface area contributed by atoms with Gasteiger partial charge in [0.25, 0.3) is 0 Å². The van der Waals surface area contributed by atoms with Gasteiger partial charge in [-0.15, -0.1) is 0 Å². The summed E-state index contributed by atoms with van der Waals surface area (Å²) in [6.45, 7) is 10.1. The molecule has 2 heterocycles. The van der Waals surface area contributed by atoms with E-state index in [2.05, 4.69) is 52.0 Å². The number of hydrogen-bond acceptors (Lipinski definition) is 4. The van der Waals surface area contributed by atoms with Crippen LogP contribution in [0.1, 0.15) is 44.4 Å². The van der Waals surface area contributed by atoms with Crippen LogP contribution in [0.3, 0.4) is 0 Å². The Bertz CT molecular complexity index is 649. The van der Waals surface area contributed by atoms with Crippen molar-refractivity contribution in [3.05, 3.63) is 22.8 Å². The highest BCUT2D eigenvalue weighted by Gasteiger charge is 2.38. The molecule has 4 nitrogen and oxygen atoms in total. The number of ether oxygens (including phenoxy) is 2. The number of rotatable bonds is 4. The maximum atomic E-state index is 6.17. The van der Waals surface area contributed by atoms with Crippen molar-refractivity contribution in [1.82, 2.24) is 4.90 Å². The molecule has 0 amide bonds. The minimum Gasteiger partial charge on any atom is -0.490 e. The van der Waals surface area contributed by atoms with E-state index in [1.165, 1.54) is 16.7 Å². The SMILES string of the molecule is CCOc1cc2c(c3c1OC(C)(C)C3)C=NC(C)(CN(C)C)C2. The number of hydrogen-bond donors (Lipinski definition) is 0. The van der Waals surface area contributed by atoms with Gasteiger partial charge in [0.05, 0.1) is 12.1 Å².